The Balaban J connectivity index is 0.00000112. The van der Waals surface area contributed by atoms with Gasteiger partial charge < -0.3 is 24.0 Å². The van der Waals surface area contributed by atoms with Gasteiger partial charge in [0.1, 0.15) is 6.54 Å². The van der Waals surface area contributed by atoms with Crippen molar-refractivity contribution in [1.82, 2.24) is 0 Å². The summed E-state index contributed by atoms with van der Waals surface area (Å²) in [5.74, 6) is 0. The van der Waals surface area contributed by atoms with E-state index in [0.717, 1.165) is 17.0 Å². The summed E-state index contributed by atoms with van der Waals surface area (Å²) in [7, 11) is 0. The van der Waals surface area contributed by atoms with Gasteiger partial charge in [0, 0.05) is 19.1 Å². The second-order valence-electron chi connectivity index (χ2n) is 3.40. The molecule has 0 aliphatic heterocycles. The first-order chi connectivity index (χ1) is 6.74. The molecular weight excluding hydrogens is 320 g/mol. The molecule has 1 heterocycles. The van der Waals surface area contributed by atoms with E-state index < -0.39 is 0 Å². The van der Waals surface area contributed by atoms with Gasteiger partial charge in [-0.05, 0) is 13.0 Å². The fourth-order valence-corrected chi connectivity index (χ4v) is 2.18. The van der Waals surface area contributed by atoms with Gasteiger partial charge in [-0.25, -0.2) is 0 Å². The van der Waals surface area contributed by atoms with Crippen molar-refractivity contribution in [2.45, 2.75) is 20.4 Å². The summed E-state index contributed by atoms with van der Waals surface area (Å²) >= 11 is 6.18. The van der Waals surface area contributed by atoms with Crippen LogP contribution in [-0.4, -0.2) is 0 Å². The third-order valence-corrected chi connectivity index (χ3v) is 2.84. The van der Waals surface area contributed by atoms with Crippen molar-refractivity contribution >= 4 is 22.5 Å². The summed E-state index contributed by atoms with van der Waals surface area (Å²) < 4.78 is 2.27. The topological polar surface area (TPSA) is 3.88 Å². The molecule has 0 aliphatic carbocycles. The lowest BCUT2D eigenvalue weighted by Crippen LogP contribution is -3.00. The van der Waals surface area contributed by atoms with Crippen LogP contribution in [0.15, 0.2) is 30.3 Å². The van der Waals surface area contributed by atoms with Crippen LogP contribution < -0.4 is 28.5 Å². The number of nitrogens with zero attached hydrogens (tertiary/aromatic N) is 1. The Morgan fingerprint density at radius 2 is 1.93 bits per heavy atom. The molecule has 0 fully saturated rings. The third kappa shape index (κ3) is 2.26. The van der Waals surface area contributed by atoms with E-state index in [1.165, 1.54) is 11.2 Å². The van der Waals surface area contributed by atoms with E-state index >= 15 is 0 Å². The van der Waals surface area contributed by atoms with Gasteiger partial charge >= 0.3 is 0 Å². The second-order valence-corrected chi connectivity index (χ2v) is 3.80. The van der Waals surface area contributed by atoms with Crippen LogP contribution in [0, 0.1) is 6.92 Å². The fourth-order valence-electron chi connectivity index (χ4n) is 1.86. The maximum absolute atomic E-state index is 6.18. The predicted octanol–water partition coefficient (Wildman–Crippen LogP) is 0.113. The van der Waals surface area contributed by atoms with Crippen molar-refractivity contribution in [3.63, 3.8) is 0 Å². The lowest BCUT2D eigenvalue weighted by Gasteiger charge is -2.03. The van der Waals surface area contributed by atoms with Crippen LogP contribution in [0.5, 0.6) is 0 Å². The zero-order valence-electron chi connectivity index (χ0n) is 8.80. The SMILES string of the molecule is CC[n+]1c(C)cc(Cl)c2ccccc21.[I-]. The van der Waals surface area contributed by atoms with Crippen LogP contribution >= 0.6 is 11.6 Å². The number of benzene rings is 1. The maximum atomic E-state index is 6.18. The molecule has 0 atom stereocenters. The van der Waals surface area contributed by atoms with E-state index in [4.69, 9.17) is 11.6 Å². The number of fused-ring (bicyclic) bond motifs is 1. The Hall–Kier alpha value is -0.350. The predicted molar refractivity (Wildman–Crippen MR) is 59.6 cm³/mol. The summed E-state index contributed by atoms with van der Waals surface area (Å²) in [6.07, 6.45) is 0. The Morgan fingerprint density at radius 1 is 1.27 bits per heavy atom. The summed E-state index contributed by atoms with van der Waals surface area (Å²) in [6, 6.07) is 10.3. The minimum absolute atomic E-state index is 0. The highest BCUT2D eigenvalue weighted by molar-refractivity contribution is 6.35. The normalized spacial score (nSPS) is 10.1. The molecule has 0 radical (unpaired) electrons. The van der Waals surface area contributed by atoms with Crippen LogP contribution in [0.25, 0.3) is 10.9 Å². The largest absolute Gasteiger partial charge is 1.00 e. The van der Waals surface area contributed by atoms with Gasteiger partial charge in [-0.3, -0.25) is 0 Å². The molecule has 80 valence electrons. The number of pyridine rings is 1. The van der Waals surface area contributed by atoms with Crippen molar-refractivity contribution < 1.29 is 28.5 Å². The summed E-state index contributed by atoms with van der Waals surface area (Å²) in [6.45, 7) is 5.21. The van der Waals surface area contributed by atoms with Gasteiger partial charge in [0.2, 0.25) is 5.52 Å². The van der Waals surface area contributed by atoms with Gasteiger partial charge in [0.25, 0.3) is 0 Å². The number of aromatic nitrogens is 1. The van der Waals surface area contributed by atoms with Crippen LogP contribution in [0.3, 0.4) is 0 Å². The van der Waals surface area contributed by atoms with Gasteiger partial charge in [0.15, 0.2) is 5.69 Å². The fraction of sp³-hybridized carbons (Fsp3) is 0.250. The molecule has 0 bridgehead atoms. The van der Waals surface area contributed by atoms with Gasteiger partial charge in [-0.2, -0.15) is 4.57 Å². The molecule has 2 aromatic rings. The van der Waals surface area contributed by atoms with E-state index in [1.807, 2.05) is 18.2 Å². The molecule has 0 N–H and O–H groups in total. The standard InChI is InChI=1S/C12H13ClN.HI/c1-3-14-9(2)8-11(13)10-6-4-5-7-12(10)14;/h4-8H,3H2,1-2H3;1H/q+1;/p-1. The van der Waals surface area contributed by atoms with Gasteiger partial charge in [-0.15, -0.1) is 0 Å². The number of hydrogen-bond acceptors (Lipinski definition) is 0. The highest BCUT2D eigenvalue weighted by Gasteiger charge is 2.12. The minimum atomic E-state index is 0. The first-order valence-corrected chi connectivity index (χ1v) is 5.19. The van der Waals surface area contributed by atoms with Crippen molar-refractivity contribution in [1.29, 1.82) is 0 Å². The first kappa shape index (κ1) is 12.7. The third-order valence-electron chi connectivity index (χ3n) is 2.53. The molecule has 0 saturated heterocycles. The monoisotopic (exact) mass is 333 g/mol. The van der Waals surface area contributed by atoms with E-state index in [2.05, 4.69) is 30.5 Å². The molecule has 0 amide bonds. The average molecular weight is 334 g/mol. The Labute approximate surface area is 112 Å². The molecule has 3 heteroatoms. The zero-order valence-corrected chi connectivity index (χ0v) is 11.7. The lowest BCUT2D eigenvalue weighted by molar-refractivity contribution is -0.673. The molecule has 2 rings (SSSR count). The molecule has 0 unspecified atom stereocenters. The Bertz CT molecular complexity index is 482. The van der Waals surface area contributed by atoms with Crippen molar-refractivity contribution in [3.8, 4) is 0 Å². The number of rotatable bonds is 1. The van der Waals surface area contributed by atoms with Gasteiger partial charge in [0.05, 0.1) is 10.4 Å². The van der Waals surface area contributed by atoms with Crippen LogP contribution in [0.4, 0.5) is 0 Å². The van der Waals surface area contributed by atoms with Crippen LogP contribution in [0.1, 0.15) is 12.6 Å². The molecule has 0 aliphatic rings. The molecule has 1 aromatic heterocycles. The highest BCUT2D eigenvalue weighted by Crippen LogP contribution is 2.21. The van der Waals surface area contributed by atoms with Crippen molar-refractivity contribution in [3.05, 3.63) is 41.0 Å². The molecular formula is C12H13ClIN. The summed E-state index contributed by atoms with van der Waals surface area (Å²) in [5, 5.41) is 1.96. The van der Waals surface area contributed by atoms with E-state index in [1.54, 1.807) is 0 Å². The van der Waals surface area contributed by atoms with Crippen LogP contribution in [-0.2, 0) is 6.54 Å². The van der Waals surface area contributed by atoms with E-state index in [9.17, 15) is 0 Å². The average Bonchev–Trinajstić information content (AvgIpc) is 2.18. The van der Waals surface area contributed by atoms with Crippen LogP contribution in [0.2, 0.25) is 5.02 Å². The number of hydrogen-bond donors (Lipinski definition) is 0. The molecule has 0 spiro atoms. The van der Waals surface area contributed by atoms with Crippen molar-refractivity contribution in [2.75, 3.05) is 0 Å². The van der Waals surface area contributed by atoms with Gasteiger partial charge in [-0.1, -0.05) is 23.7 Å². The zero-order chi connectivity index (χ0) is 10.1. The molecule has 0 saturated carbocycles. The maximum Gasteiger partial charge on any atom is 0.214 e. The molecule has 1 nitrogen and oxygen atoms in total. The highest BCUT2D eigenvalue weighted by atomic mass is 127. The molecule has 1 aromatic carbocycles. The van der Waals surface area contributed by atoms with E-state index in [-0.39, 0.29) is 24.0 Å². The quantitative estimate of drug-likeness (QED) is 0.515. The lowest BCUT2D eigenvalue weighted by atomic mass is 10.2. The number of halogens is 2. The molecule has 15 heavy (non-hydrogen) atoms. The Kier molecular flexibility index (Phi) is 4.34. The second kappa shape index (κ2) is 5.12. The smallest absolute Gasteiger partial charge is 0.214 e. The minimum Gasteiger partial charge on any atom is -1.00 e. The van der Waals surface area contributed by atoms with Crippen molar-refractivity contribution in [2.24, 2.45) is 0 Å². The Morgan fingerprint density at radius 3 is 2.60 bits per heavy atom. The first-order valence-electron chi connectivity index (χ1n) is 4.81. The number of aryl methyl sites for hydroxylation is 2. The summed E-state index contributed by atoms with van der Waals surface area (Å²) in [5.41, 5.74) is 2.41. The number of para-hydroxylation sites is 1. The van der Waals surface area contributed by atoms with E-state index in [0.29, 0.717) is 0 Å². The summed E-state index contributed by atoms with van der Waals surface area (Å²) in [4.78, 5) is 0.